The van der Waals surface area contributed by atoms with Gasteiger partial charge in [0.25, 0.3) is 16.8 Å². The van der Waals surface area contributed by atoms with Crippen LogP contribution in [0.1, 0.15) is 11.1 Å². The maximum atomic E-state index is 12.6. The van der Waals surface area contributed by atoms with E-state index >= 15 is 0 Å². The number of nitro groups is 1. The van der Waals surface area contributed by atoms with E-state index in [4.69, 9.17) is 11.6 Å². The van der Waals surface area contributed by atoms with Crippen molar-refractivity contribution in [2.24, 2.45) is 0 Å². The highest BCUT2D eigenvalue weighted by molar-refractivity contribution is 9.10. The zero-order valence-corrected chi connectivity index (χ0v) is 18.5. The fourth-order valence-electron chi connectivity index (χ4n) is 2.56. The number of hydrogen-bond acceptors (Lipinski definition) is 6. The lowest BCUT2D eigenvalue weighted by Crippen LogP contribution is -2.36. The molecule has 30 heavy (non-hydrogen) atoms. The van der Waals surface area contributed by atoms with E-state index in [1.807, 2.05) is 6.92 Å². The zero-order valence-electron chi connectivity index (χ0n) is 15.3. The monoisotopic (exact) mass is 509 g/mol. The molecule has 0 atom stereocenters. The van der Waals surface area contributed by atoms with Gasteiger partial charge in [-0.05, 0) is 70.0 Å². The number of thioether (sulfide) groups is 1. The maximum absolute atomic E-state index is 12.6. The topological polar surface area (TPSA) is 110 Å². The van der Waals surface area contributed by atoms with Gasteiger partial charge in [-0.1, -0.05) is 23.7 Å². The van der Waals surface area contributed by atoms with Gasteiger partial charge in [-0.25, -0.2) is 0 Å². The molecule has 0 unspecified atom stereocenters. The molecule has 2 aromatic rings. The molecule has 11 heteroatoms. The first-order valence-electron chi connectivity index (χ1n) is 8.41. The van der Waals surface area contributed by atoms with Crippen LogP contribution in [-0.2, 0) is 9.59 Å². The molecule has 0 bridgehead atoms. The number of imide groups is 1. The lowest BCUT2D eigenvalue weighted by atomic mass is 10.2. The van der Waals surface area contributed by atoms with Crippen molar-refractivity contribution in [2.75, 3.05) is 11.9 Å². The van der Waals surface area contributed by atoms with Crippen molar-refractivity contribution in [2.45, 2.75) is 6.92 Å². The second kappa shape index (κ2) is 8.99. The SMILES string of the molecule is Cc1ccc(NC(=O)CN2C(=O)S/C(=C\c3ccc(Br)c([N+](=O)[O-])c3)C2=O)cc1Cl. The highest BCUT2D eigenvalue weighted by Crippen LogP contribution is 2.33. The summed E-state index contributed by atoms with van der Waals surface area (Å²) in [4.78, 5) is 48.4. The van der Waals surface area contributed by atoms with Gasteiger partial charge in [0.1, 0.15) is 6.54 Å². The normalized spacial score (nSPS) is 15.0. The number of benzene rings is 2. The van der Waals surface area contributed by atoms with Gasteiger partial charge in [0, 0.05) is 16.8 Å². The third-order valence-corrected chi connectivity index (χ3v) is 6.08. The van der Waals surface area contributed by atoms with Crippen LogP contribution in [0.15, 0.2) is 45.8 Å². The average molecular weight is 511 g/mol. The highest BCUT2D eigenvalue weighted by atomic mass is 79.9. The summed E-state index contributed by atoms with van der Waals surface area (Å²) in [5, 5.41) is 13.5. The first-order chi connectivity index (χ1) is 14.2. The molecule has 3 rings (SSSR count). The molecule has 3 amide bonds. The molecule has 1 heterocycles. The van der Waals surface area contributed by atoms with Gasteiger partial charge < -0.3 is 5.32 Å². The molecule has 154 valence electrons. The number of carbonyl (C=O) groups excluding carboxylic acids is 3. The van der Waals surface area contributed by atoms with Crippen molar-refractivity contribution in [1.82, 2.24) is 4.90 Å². The van der Waals surface area contributed by atoms with Crippen molar-refractivity contribution in [3.8, 4) is 0 Å². The minimum atomic E-state index is -0.646. The number of carbonyl (C=O) groups is 3. The Kier molecular flexibility index (Phi) is 6.59. The van der Waals surface area contributed by atoms with Crippen molar-refractivity contribution in [3.05, 3.63) is 72.0 Å². The van der Waals surface area contributed by atoms with Gasteiger partial charge in [0.2, 0.25) is 5.91 Å². The van der Waals surface area contributed by atoms with Crippen LogP contribution in [0, 0.1) is 17.0 Å². The van der Waals surface area contributed by atoms with Gasteiger partial charge in [0.15, 0.2) is 0 Å². The number of nitro benzene ring substituents is 1. The Morgan fingerprint density at radius 3 is 2.70 bits per heavy atom. The maximum Gasteiger partial charge on any atom is 0.294 e. The molecule has 1 N–H and O–H groups in total. The summed E-state index contributed by atoms with van der Waals surface area (Å²) >= 11 is 9.78. The van der Waals surface area contributed by atoms with Crippen LogP contribution in [0.4, 0.5) is 16.2 Å². The fraction of sp³-hybridized carbons (Fsp3) is 0.105. The van der Waals surface area contributed by atoms with Gasteiger partial charge in [-0.15, -0.1) is 0 Å². The Labute approximate surface area is 188 Å². The molecule has 0 aliphatic carbocycles. The molecule has 0 saturated carbocycles. The van der Waals surface area contributed by atoms with E-state index in [-0.39, 0.29) is 10.6 Å². The Morgan fingerprint density at radius 1 is 1.30 bits per heavy atom. The van der Waals surface area contributed by atoms with E-state index < -0.39 is 28.5 Å². The summed E-state index contributed by atoms with van der Waals surface area (Å²) in [6.45, 7) is 1.36. The minimum absolute atomic E-state index is 0.0720. The van der Waals surface area contributed by atoms with Crippen LogP contribution in [0.25, 0.3) is 6.08 Å². The van der Waals surface area contributed by atoms with E-state index in [1.165, 1.54) is 18.2 Å². The number of rotatable bonds is 5. The zero-order chi connectivity index (χ0) is 22.0. The van der Waals surface area contributed by atoms with Gasteiger partial charge in [-0.3, -0.25) is 29.4 Å². The average Bonchev–Trinajstić information content (AvgIpc) is 2.93. The minimum Gasteiger partial charge on any atom is -0.324 e. The van der Waals surface area contributed by atoms with Crippen molar-refractivity contribution in [1.29, 1.82) is 0 Å². The summed E-state index contributed by atoms with van der Waals surface area (Å²) < 4.78 is 0.297. The second-order valence-corrected chi connectivity index (χ2v) is 8.50. The van der Waals surface area contributed by atoms with E-state index in [0.717, 1.165) is 10.5 Å². The quantitative estimate of drug-likeness (QED) is 0.345. The third kappa shape index (κ3) is 4.89. The molecule has 0 spiro atoms. The van der Waals surface area contributed by atoms with Crippen LogP contribution in [-0.4, -0.2) is 33.4 Å². The molecule has 1 aliphatic rings. The molecule has 1 fully saturated rings. The number of aryl methyl sites for hydroxylation is 1. The van der Waals surface area contributed by atoms with Gasteiger partial charge in [0.05, 0.1) is 14.3 Å². The Morgan fingerprint density at radius 2 is 2.03 bits per heavy atom. The molecule has 2 aromatic carbocycles. The van der Waals surface area contributed by atoms with E-state index in [9.17, 15) is 24.5 Å². The van der Waals surface area contributed by atoms with Gasteiger partial charge >= 0.3 is 0 Å². The molecule has 8 nitrogen and oxygen atoms in total. The van der Waals surface area contributed by atoms with E-state index in [1.54, 1.807) is 24.3 Å². The summed E-state index contributed by atoms with van der Waals surface area (Å²) in [5.41, 5.74) is 1.51. The number of halogens is 2. The molecule has 1 saturated heterocycles. The number of nitrogens with zero attached hydrogens (tertiary/aromatic N) is 2. The Balaban J connectivity index is 1.73. The van der Waals surface area contributed by atoms with E-state index in [2.05, 4.69) is 21.2 Å². The van der Waals surface area contributed by atoms with Crippen molar-refractivity contribution >= 4 is 73.8 Å². The van der Waals surface area contributed by atoms with Crippen LogP contribution in [0.3, 0.4) is 0 Å². The van der Waals surface area contributed by atoms with Crippen molar-refractivity contribution < 1.29 is 19.3 Å². The summed E-state index contributed by atoms with van der Waals surface area (Å²) in [7, 11) is 0. The number of hydrogen-bond donors (Lipinski definition) is 1. The molecular formula is C19H13BrClN3O5S. The van der Waals surface area contributed by atoms with Gasteiger partial charge in [-0.2, -0.15) is 0 Å². The predicted molar refractivity (Wildman–Crippen MR) is 118 cm³/mol. The molecule has 0 radical (unpaired) electrons. The first kappa shape index (κ1) is 22.0. The lowest BCUT2D eigenvalue weighted by molar-refractivity contribution is -0.385. The van der Waals surface area contributed by atoms with Crippen LogP contribution < -0.4 is 5.32 Å². The second-order valence-electron chi connectivity index (χ2n) is 6.25. The highest BCUT2D eigenvalue weighted by Gasteiger charge is 2.36. The smallest absolute Gasteiger partial charge is 0.294 e. The predicted octanol–water partition coefficient (Wildman–Crippen LogP) is 4.99. The molecule has 1 aliphatic heterocycles. The summed E-state index contributed by atoms with van der Waals surface area (Å²) in [6, 6.07) is 9.30. The lowest BCUT2D eigenvalue weighted by Gasteiger charge is -2.13. The third-order valence-electron chi connectivity index (χ3n) is 4.10. The first-order valence-corrected chi connectivity index (χ1v) is 10.4. The van der Waals surface area contributed by atoms with Crippen LogP contribution >= 0.6 is 39.3 Å². The fourth-order valence-corrected chi connectivity index (χ4v) is 3.97. The largest absolute Gasteiger partial charge is 0.324 e. The Hall–Kier alpha value is -2.69. The number of anilines is 1. The molecular weight excluding hydrogens is 498 g/mol. The number of nitrogens with one attached hydrogen (secondary N) is 1. The van der Waals surface area contributed by atoms with E-state index in [0.29, 0.717) is 32.5 Å². The number of amides is 3. The van der Waals surface area contributed by atoms with Crippen LogP contribution in [0.5, 0.6) is 0 Å². The van der Waals surface area contributed by atoms with Crippen LogP contribution in [0.2, 0.25) is 5.02 Å². The van der Waals surface area contributed by atoms with Crippen molar-refractivity contribution in [3.63, 3.8) is 0 Å². The summed E-state index contributed by atoms with van der Waals surface area (Å²) in [6.07, 6.45) is 1.38. The standard InChI is InChI=1S/C19H13BrClN3O5S/c1-10-2-4-12(8-14(10)21)22-17(25)9-23-18(26)16(30-19(23)27)7-11-3-5-13(20)15(6-11)24(28)29/h2-8H,9H2,1H3,(H,22,25)/b16-7-. The Bertz CT molecular complexity index is 1120. The molecule has 0 aromatic heterocycles. The summed E-state index contributed by atoms with van der Waals surface area (Å²) in [5.74, 6) is -1.20.